The van der Waals surface area contributed by atoms with Crippen LogP contribution in [0.3, 0.4) is 0 Å². The van der Waals surface area contributed by atoms with Crippen LogP contribution in [0.2, 0.25) is 0 Å². The highest BCUT2D eigenvalue weighted by Crippen LogP contribution is 2.25. The molecule has 9 heteroatoms. The third-order valence-electron chi connectivity index (χ3n) is 4.53. The van der Waals surface area contributed by atoms with Gasteiger partial charge >= 0.3 is 0 Å². The Labute approximate surface area is 180 Å². The third kappa shape index (κ3) is 4.58. The van der Waals surface area contributed by atoms with E-state index < -0.39 is 10.0 Å². The first-order valence-corrected chi connectivity index (χ1v) is 11.7. The standard InChI is InChI=1S/C21H24N4O3S2/c1-5-12-25-19-9-7-6-8-17(19)23-21(25)29-14-20(26)22-18-13-16(11-10-15(18)2)30(27,28)24(3)4/h5-11,13H,1,12,14H2,2-4H3,(H,22,26). The Morgan fingerprint density at radius 2 is 2.00 bits per heavy atom. The van der Waals surface area contributed by atoms with Gasteiger partial charge < -0.3 is 9.88 Å². The molecule has 0 fully saturated rings. The number of nitrogens with zero attached hydrogens (tertiary/aromatic N) is 3. The SMILES string of the molecule is C=CCn1c(SCC(=O)Nc2cc(S(=O)(=O)N(C)C)ccc2C)nc2ccccc21. The Morgan fingerprint density at radius 1 is 1.27 bits per heavy atom. The minimum absolute atomic E-state index is 0.133. The Balaban J connectivity index is 1.76. The van der Waals surface area contributed by atoms with E-state index in [1.807, 2.05) is 35.8 Å². The van der Waals surface area contributed by atoms with Crippen LogP contribution in [0.1, 0.15) is 5.56 Å². The summed E-state index contributed by atoms with van der Waals surface area (Å²) in [4.78, 5) is 17.3. The van der Waals surface area contributed by atoms with Crippen LogP contribution in [0.15, 0.2) is 65.2 Å². The van der Waals surface area contributed by atoms with Gasteiger partial charge in [0.2, 0.25) is 15.9 Å². The van der Waals surface area contributed by atoms with Gasteiger partial charge in [0.05, 0.1) is 21.7 Å². The van der Waals surface area contributed by atoms with Crippen LogP contribution in [-0.4, -0.2) is 48.0 Å². The molecule has 1 aromatic heterocycles. The second kappa shape index (κ2) is 9.03. The average Bonchev–Trinajstić information content (AvgIpc) is 3.06. The fourth-order valence-electron chi connectivity index (χ4n) is 2.89. The molecular formula is C21H24N4O3S2. The van der Waals surface area contributed by atoms with Crippen LogP contribution in [0, 0.1) is 6.92 Å². The number of allylic oxidation sites excluding steroid dienone is 1. The van der Waals surface area contributed by atoms with Gasteiger partial charge in [0.25, 0.3) is 0 Å². The van der Waals surface area contributed by atoms with E-state index in [0.29, 0.717) is 12.2 Å². The molecule has 0 bridgehead atoms. The first-order valence-electron chi connectivity index (χ1n) is 9.26. The van der Waals surface area contributed by atoms with Crippen molar-refractivity contribution in [2.75, 3.05) is 25.2 Å². The van der Waals surface area contributed by atoms with E-state index in [-0.39, 0.29) is 16.6 Å². The molecule has 158 valence electrons. The molecule has 0 aliphatic carbocycles. The molecule has 0 aliphatic heterocycles. The lowest BCUT2D eigenvalue weighted by atomic mass is 10.2. The lowest BCUT2D eigenvalue weighted by Crippen LogP contribution is -2.22. The van der Waals surface area contributed by atoms with Crippen molar-refractivity contribution < 1.29 is 13.2 Å². The summed E-state index contributed by atoms with van der Waals surface area (Å²) in [5.74, 6) is -0.0930. The van der Waals surface area contributed by atoms with Crippen molar-refractivity contribution >= 4 is 44.4 Å². The zero-order valence-corrected chi connectivity index (χ0v) is 18.8. The van der Waals surface area contributed by atoms with Gasteiger partial charge in [-0.2, -0.15) is 0 Å². The lowest BCUT2D eigenvalue weighted by molar-refractivity contribution is -0.113. The quantitative estimate of drug-likeness (QED) is 0.425. The molecule has 0 saturated carbocycles. The minimum Gasteiger partial charge on any atom is -0.325 e. The van der Waals surface area contributed by atoms with Crippen molar-refractivity contribution in [1.82, 2.24) is 13.9 Å². The van der Waals surface area contributed by atoms with Crippen molar-refractivity contribution in [3.63, 3.8) is 0 Å². The van der Waals surface area contributed by atoms with Crippen molar-refractivity contribution in [2.45, 2.75) is 23.5 Å². The molecule has 0 aliphatic rings. The van der Waals surface area contributed by atoms with Crippen LogP contribution < -0.4 is 5.32 Å². The number of benzene rings is 2. The number of nitrogens with one attached hydrogen (secondary N) is 1. The van der Waals surface area contributed by atoms with Crippen molar-refractivity contribution in [1.29, 1.82) is 0 Å². The molecule has 2 aromatic carbocycles. The highest BCUT2D eigenvalue weighted by molar-refractivity contribution is 7.99. The number of hydrogen-bond donors (Lipinski definition) is 1. The smallest absolute Gasteiger partial charge is 0.242 e. The number of sulfonamides is 1. The Hall–Kier alpha value is -2.62. The summed E-state index contributed by atoms with van der Waals surface area (Å²) in [6.07, 6.45) is 1.79. The second-order valence-corrected chi connectivity index (χ2v) is 9.98. The number of fused-ring (bicyclic) bond motifs is 1. The molecule has 30 heavy (non-hydrogen) atoms. The molecule has 0 radical (unpaired) electrons. The predicted octanol–water partition coefficient (Wildman–Crippen LogP) is 3.51. The molecule has 1 N–H and O–H groups in total. The highest BCUT2D eigenvalue weighted by atomic mass is 32.2. The van der Waals surface area contributed by atoms with Gasteiger partial charge in [0.1, 0.15) is 0 Å². The number of carbonyl (C=O) groups is 1. The van der Waals surface area contributed by atoms with E-state index in [1.54, 1.807) is 12.1 Å². The summed E-state index contributed by atoms with van der Waals surface area (Å²) in [5.41, 5.74) is 3.10. The van der Waals surface area contributed by atoms with Crippen LogP contribution >= 0.6 is 11.8 Å². The third-order valence-corrected chi connectivity index (χ3v) is 7.31. The fraction of sp³-hybridized carbons (Fsp3) is 0.238. The second-order valence-electron chi connectivity index (χ2n) is 6.88. The van der Waals surface area contributed by atoms with Gasteiger partial charge in [0, 0.05) is 26.3 Å². The molecule has 0 saturated heterocycles. The molecule has 3 rings (SSSR count). The average molecular weight is 445 g/mol. The van der Waals surface area contributed by atoms with E-state index in [1.165, 1.54) is 38.0 Å². The van der Waals surface area contributed by atoms with Gasteiger partial charge in [-0.3, -0.25) is 4.79 Å². The molecule has 0 unspecified atom stereocenters. The maximum atomic E-state index is 12.6. The number of carbonyl (C=O) groups excluding carboxylic acids is 1. The zero-order chi connectivity index (χ0) is 21.9. The molecule has 1 amide bonds. The maximum Gasteiger partial charge on any atom is 0.242 e. The summed E-state index contributed by atoms with van der Waals surface area (Å²) in [7, 11) is -0.637. The topological polar surface area (TPSA) is 84.3 Å². The number of imidazole rings is 1. The Morgan fingerprint density at radius 3 is 2.70 bits per heavy atom. The monoisotopic (exact) mass is 444 g/mol. The number of anilines is 1. The van der Waals surface area contributed by atoms with Gasteiger partial charge in [-0.25, -0.2) is 17.7 Å². The van der Waals surface area contributed by atoms with Crippen LogP contribution in [0.4, 0.5) is 5.69 Å². The van der Waals surface area contributed by atoms with E-state index in [2.05, 4.69) is 16.9 Å². The summed E-state index contributed by atoms with van der Waals surface area (Å²) in [6.45, 7) is 6.20. The lowest BCUT2D eigenvalue weighted by Gasteiger charge is -2.14. The van der Waals surface area contributed by atoms with Crippen molar-refractivity contribution in [3.8, 4) is 0 Å². The molecule has 0 spiro atoms. The van der Waals surface area contributed by atoms with Crippen LogP contribution in [0.25, 0.3) is 11.0 Å². The van der Waals surface area contributed by atoms with Crippen LogP contribution in [0.5, 0.6) is 0 Å². The normalized spacial score (nSPS) is 11.7. The molecule has 0 atom stereocenters. The molecule has 1 heterocycles. The number of amides is 1. The fourth-order valence-corrected chi connectivity index (χ4v) is 4.64. The van der Waals surface area contributed by atoms with Gasteiger partial charge in [-0.1, -0.05) is 36.0 Å². The molecular weight excluding hydrogens is 420 g/mol. The van der Waals surface area contributed by atoms with Crippen LogP contribution in [-0.2, 0) is 21.4 Å². The van der Waals surface area contributed by atoms with E-state index >= 15 is 0 Å². The summed E-state index contributed by atoms with van der Waals surface area (Å²) >= 11 is 1.33. The van der Waals surface area contributed by atoms with E-state index in [9.17, 15) is 13.2 Å². The van der Waals surface area contributed by atoms with Gasteiger partial charge in [0.15, 0.2) is 5.16 Å². The summed E-state index contributed by atoms with van der Waals surface area (Å²) < 4.78 is 27.9. The minimum atomic E-state index is -3.58. The summed E-state index contributed by atoms with van der Waals surface area (Å²) in [6, 6.07) is 12.5. The van der Waals surface area contributed by atoms with E-state index in [4.69, 9.17) is 0 Å². The van der Waals surface area contributed by atoms with Gasteiger partial charge in [-0.15, -0.1) is 6.58 Å². The molecule has 3 aromatic rings. The Bertz CT molecular complexity index is 1200. The Kier molecular flexibility index (Phi) is 6.64. The zero-order valence-electron chi connectivity index (χ0n) is 17.1. The number of aromatic nitrogens is 2. The predicted molar refractivity (Wildman–Crippen MR) is 121 cm³/mol. The van der Waals surface area contributed by atoms with Crippen molar-refractivity contribution in [3.05, 3.63) is 60.7 Å². The van der Waals surface area contributed by atoms with Crippen molar-refractivity contribution in [2.24, 2.45) is 0 Å². The van der Waals surface area contributed by atoms with E-state index in [0.717, 1.165) is 26.1 Å². The largest absolute Gasteiger partial charge is 0.325 e. The first kappa shape index (κ1) is 22.1. The molecule has 7 nitrogen and oxygen atoms in total. The number of rotatable bonds is 8. The first-order chi connectivity index (χ1) is 14.2. The summed E-state index contributed by atoms with van der Waals surface area (Å²) in [5, 5.41) is 3.55. The number of para-hydroxylation sites is 2. The number of hydrogen-bond acceptors (Lipinski definition) is 5. The highest BCUT2D eigenvalue weighted by Gasteiger charge is 2.19. The van der Waals surface area contributed by atoms with Gasteiger partial charge in [-0.05, 0) is 36.8 Å². The maximum absolute atomic E-state index is 12.6. The number of aryl methyl sites for hydroxylation is 1. The number of thioether (sulfide) groups is 1.